The van der Waals surface area contributed by atoms with Crippen LogP contribution in [0.25, 0.3) is 11.3 Å². The van der Waals surface area contributed by atoms with Crippen LogP contribution in [0.2, 0.25) is 5.02 Å². The first-order valence-electron chi connectivity index (χ1n) is 12.9. The van der Waals surface area contributed by atoms with Crippen LogP contribution < -0.4 is 10.1 Å². The van der Waals surface area contributed by atoms with Gasteiger partial charge in [0.15, 0.2) is 5.75 Å². The lowest BCUT2D eigenvalue weighted by molar-refractivity contribution is -0.128. The Labute approximate surface area is 236 Å². The molecule has 3 aromatic rings. The van der Waals surface area contributed by atoms with Crippen molar-refractivity contribution in [1.82, 2.24) is 19.8 Å². The SMILES string of the molecule is C=CC(=O)N1CCN2C(=O)c3c(Nc4c(C)ccnc4C(C)C)nc(-c4c(O)cccc4F)c(Cl)c3OC[C@@H]2C1. The summed E-state index contributed by atoms with van der Waals surface area (Å²) in [5, 5.41) is 13.7. The molecule has 1 saturated heterocycles. The van der Waals surface area contributed by atoms with Gasteiger partial charge in [0.05, 0.1) is 23.0 Å². The Morgan fingerprint density at radius 1 is 1.30 bits per heavy atom. The number of halogens is 2. The van der Waals surface area contributed by atoms with E-state index in [1.165, 1.54) is 24.3 Å². The van der Waals surface area contributed by atoms with Gasteiger partial charge in [-0.1, -0.05) is 38.1 Å². The topological polar surface area (TPSA) is 108 Å². The number of amides is 2. The molecule has 0 spiro atoms. The number of hydrogen-bond acceptors (Lipinski definition) is 7. The summed E-state index contributed by atoms with van der Waals surface area (Å²) in [5.74, 6) is -1.59. The molecule has 11 heteroatoms. The number of benzene rings is 1. The molecular formula is C29H29ClFN5O4. The highest BCUT2D eigenvalue weighted by Crippen LogP contribution is 2.46. The number of anilines is 2. The van der Waals surface area contributed by atoms with Crippen molar-refractivity contribution >= 4 is 34.9 Å². The van der Waals surface area contributed by atoms with E-state index < -0.39 is 17.8 Å². The highest BCUT2D eigenvalue weighted by atomic mass is 35.5. The number of hydrogen-bond donors (Lipinski definition) is 2. The van der Waals surface area contributed by atoms with Gasteiger partial charge in [-0.2, -0.15) is 0 Å². The molecule has 40 heavy (non-hydrogen) atoms. The molecule has 2 aliphatic rings. The molecule has 1 fully saturated rings. The predicted octanol–water partition coefficient (Wildman–Crippen LogP) is 5.05. The van der Waals surface area contributed by atoms with Gasteiger partial charge in [0, 0.05) is 25.8 Å². The van der Waals surface area contributed by atoms with Crippen molar-refractivity contribution in [3.8, 4) is 22.8 Å². The van der Waals surface area contributed by atoms with Gasteiger partial charge >= 0.3 is 0 Å². The smallest absolute Gasteiger partial charge is 0.261 e. The fraction of sp³-hybridized carbons (Fsp3) is 0.310. The Morgan fingerprint density at radius 2 is 2.08 bits per heavy atom. The Hall–Kier alpha value is -4.18. The van der Waals surface area contributed by atoms with E-state index in [9.17, 15) is 14.7 Å². The number of nitrogens with zero attached hydrogens (tertiary/aromatic N) is 4. The van der Waals surface area contributed by atoms with Gasteiger partial charge in [0.2, 0.25) is 5.91 Å². The van der Waals surface area contributed by atoms with Gasteiger partial charge in [0.25, 0.3) is 5.91 Å². The number of piperazine rings is 1. The molecule has 0 saturated carbocycles. The zero-order valence-electron chi connectivity index (χ0n) is 22.4. The van der Waals surface area contributed by atoms with Crippen LogP contribution >= 0.6 is 11.6 Å². The summed E-state index contributed by atoms with van der Waals surface area (Å²) in [6, 6.07) is 5.25. The maximum absolute atomic E-state index is 15.0. The fourth-order valence-corrected chi connectivity index (χ4v) is 5.38. The van der Waals surface area contributed by atoms with Crippen LogP contribution in [0.3, 0.4) is 0 Å². The van der Waals surface area contributed by atoms with Crippen molar-refractivity contribution in [2.24, 2.45) is 0 Å². The summed E-state index contributed by atoms with van der Waals surface area (Å²) < 4.78 is 21.2. The first kappa shape index (κ1) is 27.4. The molecule has 2 aromatic heterocycles. The number of fused-ring (bicyclic) bond motifs is 2. The molecule has 1 aromatic carbocycles. The number of carbonyl (C=O) groups excluding carboxylic acids is 2. The van der Waals surface area contributed by atoms with Crippen LogP contribution in [0.4, 0.5) is 15.9 Å². The third-order valence-electron chi connectivity index (χ3n) is 7.17. The lowest BCUT2D eigenvalue weighted by atomic mass is 10.0. The van der Waals surface area contributed by atoms with Crippen LogP contribution in [-0.4, -0.2) is 69.0 Å². The molecule has 0 unspecified atom stereocenters. The molecular weight excluding hydrogens is 537 g/mol. The van der Waals surface area contributed by atoms with Crippen molar-refractivity contribution in [2.45, 2.75) is 32.7 Å². The molecule has 2 amide bonds. The average molecular weight is 566 g/mol. The molecule has 0 bridgehead atoms. The Morgan fingerprint density at radius 3 is 2.77 bits per heavy atom. The summed E-state index contributed by atoms with van der Waals surface area (Å²) in [6.45, 7) is 10.3. The Kier molecular flexibility index (Phi) is 7.37. The average Bonchev–Trinajstić information content (AvgIpc) is 3.07. The highest BCUT2D eigenvalue weighted by Gasteiger charge is 2.40. The minimum absolute atomic E-state index is 0.0189. The number of nitrogens with one attached hydrogen (secondary N) is 1. The molecule has 208 valence electrons. The molecule has 5 rings (SSSR count). The number of pyridine rings is 2. The minimum Gasteiger partial charge on any atom is -0.507 e. The quantitative estimate of drug-likeness (QED) is 0.417. The Bertz CT molecular complexity index is 1510. The molecule has 2 aliphatic heterocycles. The lowest BCUT2D eigenvalue weighted by Gasteiger charge is -2.39. The zero-order valence-corrected chi connectivity index (χ0v) is 23.1. The molecule has 1 atom stereocenters. The van der Waals surface area contributed by atoms with Gasteiger partial charge in [-0.3, -0.25) is 14.6 Å². The second-order valence-electron chi connectivity index (χ2n) is 10.1. The van der Waals surface area contributed by atoms with Gasteiger partial charge < -0.3 is 25.0 Å². The van der Waals surface area contributed by atoms with Crippen LogP contribution in [-0.2, 0) is 4.79 Å². The van der Waals surface area contributed by atoms with Crippen LogP contribution in [0, 0.1) is 12.7 Å². The molecule has 2 N–H and O–H groups in total. The standard InChI is InChI=1S/C29H29ClFN5O4/c1-5-20(38)35-11-12-36-17(13-35)14-40-27-22(29(36)39)28(33-25-16(4)9-10-32-24(25)15(2)3)34-26(23(27)30)21-18(31)7-6-8-19(21)37/h5-10,15,17,37H,1,11-14H2,2-4H3,(H,33,34)/t17-/m0/s1. The third-order valence-corrected chi connectivity index (χ3v) is 7.52. The molecule has 0 radical (unpaired) electrons. The number of aryl methyl sites for hydroxylation is 1. The number of aromatic nitrogens is 2. The number of carbonyl (C=O) groups is 2. The predicted molar refractivity (Wildman–Crippen MR) is 150 cm³/mol. The first-order valence-corrected chi connectivity index (χ1v) is 13.3. The van der Waals surface area contributed by atoms with Crippen molar-refractivity contribution < 1.29 is 23.8 Å². The summed E-state index contributed by atoms with van der Waals surface area (Å²) in [4.78, 5) is 38.8. The summed E-state index contributed by atoms with van der Waals surface area (Å²) in [5.41, 5.74) is 2.03. The normalized spacial score (nSPS) is 16.6. The number of phenols is 1. The van der Waals surface area contributed by atoms with Gasteiger partial charge in [-0.05, 0) is 42.7 Å². The van der Waals surface area contributed by atoms with Crippen LogP contribution in [0.15, 0.2) is 43.1 Å². The maximum atomic E-state index is 15.0. The molecule has 4 heterocycles. The van der Waals surface area contributed by atoms with E-state index in [1.807, 2.05) is 26.8 Å². The summed E-state index contributed by atoms with van der Waals surface area (Å²) >= 11 is 6.78. The number of phenolic OH excluding ortho intramolecular Hbond substituents is 1. The summed E-state index contributed by atoms with van der Waals surface area (Å²) in [7, 11) is 0. The second kappa shape index (κ2) is 10.8. The van der Waals surface area contributed by atoms with E-state index in [2.05, 4.69) is 21.9 Å². The number of ether oxygens (including phenoxy) is 1. The van der Waals surface area contributed by atoms with Crippen molar-refractivity contribution in [3.05, 3.63) is 70.8 Å². The van der Waals surface area contributed by atoms with Gasteiger partial charge in [-0.15, -0.1) is 0 Å². The van der Waals surface area contributed by atoms with Crippen LogP contribution in [0.1, 0.15) is 41.4 Å². The zero-order chi connectivity index (χ0) is 28.7. The second-order valence-corrected chi connectivity index (χ2v) is 10.5. The van der Waals surface area contributed by atoms with E-state index in [-0.39, 0.29) is 70.7 Å². The van der Waals surface area contributed by atoms with E-state index in [1.54, 1.807) is 16.0 Å². The third kappa shape index (κ3) is 4.72. The highest BCUT2D eigenvalue weighted by molar-refractivity contribution is 6.35. The van der Waals surface area contributed by atoms with E-state index >= 15 is 4.39 Å². The summed E-state index contributed by atoms with van der Waals surface area (Å²) in [6.07, 6.45) is 2.94. The van der Waals surface area contributed by atoms with Crippen molar-refractivity contribution in [1.29, 1.82) is 0 Å². The minimum atomic E-state index is -0.739. The largest absolute Gasteiger partial charge is 0.507 e. The monoisotopic (exact) mass is 565 g/mol. The number of rotatable bonds is 5. The number of aromatic hydroxyl groups is 1. The maximum Gasteiger partial charge on any atom is 0.261 e. The van der Waals surface area contributed by atoms with Crippen molar-refractivity contribution in [3.63, 3.8) is 0 Å². The van der Waals surface area contributed by atoms with E-state index in [4.69, 9.17) is 16.3 Å². The van der Waals surface area contributed by atoms with E-state index in [0.29, 0.717) is 12.2 Å². The fourth-order valence-electron chi connectivity index (χ4n) is 5.09. The van der Waals surface area contributed by atoms with Crippen LogP contribution in [0.5, 0.6) is 11.5 Å². The first-order chi connectivity index (χ1) is 19.1. The van der Waals surface area contributed by atoms with Crippen molar-refractivity contribution in [2.75, 3.05) is 31.6 Å². The van der Waals surface area contributed by atoms with Gasteiger partial charge in [0.1, 0.15) is 40.3 Å². The van der Waals surface area contributed by atoms with E-state index in [0.717, 1.165) is 11.3 Å². The molecule has 0 aliphatic carbocycles. The Balaban J connectivity index is 1.70. The lowest BCUT2D eigenvalue weighted by Crippen LogP contribution is -2.57. The van der Waals surface area contributed by atoms with Gasteiger partial charge in [-0.25, -0.2) is 9.37 Å². The molecule has 9 nitrogen and oxygen atoms in total.